The van der Waals surface area contributed by atoms with Gasteiger partial charge in [0.15, 0.2) is 5.82 Å². The standard InChI is InChI=1S/C13H6Br2ClF2NO/c14-6-1-2-10(16)8(3-6)13(20)19-12-9(15)4-7(17)5-11(12)18/h1-5H,(H,19,20). The van der Waals surface area contributed by atoms with Crippen LogP contribution in [0.2, 0.25) is 5.02 Å². The Balaban J connectivity index is 2.35. The van der Waals surface area contributed by atoms with Crippen molar-refractivity contribution in [3.63, 3.8) is 0 Å². The Kier molecular flexibility index (Phi) is 4.78. The van der Waals surface area contributed by atoms with Gasteiger partial charge >= 0.3 is 0 Å². The molecular formula is C13H6Br2ClF2NO. The highest BCUT2D eigenvalue weighted by molar-refractivity contribution is 9.10. The van der Waals surface area contributed by atoms with E-state index in [2.05, 4.69) is 37.2 Å². The maximum absolute atomic E-state index is 13.6. The SMILES string of the molecule is O=C(Nc1c(F)cc(F)cc1Br)c1cc(Br)ccc1Cl. The fourth-order valence-corrected chi connectivity index (χ4v) is 2.59. The summed E-state index contributed by atoms with van der Waals surface area (Å²) in [6.45, 7) is 0. The van der Waals surface area contributed by atoms with Gasteiger partial charge in [-0.1, -0.05) is 27.5 Å². The monoisotopic (exact) mass is 423 g/mol. The molecule has 2 rings (SSSR count). The maximum atomic E-state index is 13.6. The molecule has 2 aromatic rings. The average molecular weight is 425 g/mol. The smallest absolute Gasteiger partial charge is 0.257 e. The van der Waals surface area contributed by atoms with E-state index in [-0.39, 0.29) is 20.7 Å². The third-order valence-corrected chi connectivity index (χ3v) is 3.87. The first-order valence-electron chi connectivity index (χ1n) is 5.29. The van der Waals surface area contributed by atoms with Crippen LogP contribution >= 0.6 is 43.5 Å². The number of benzene rings is 2. The molecule has 0 atom stereocenters. The molecule has 0 fully saturated rings. The van der Waals surface area contributed by atoms with Crippen LogP contribution in [-0.4, -0.2) is 5.91 Å². The molecule has 0 saturated carbocycles. The summed E-state index contributed by atoms with van der Waals surface area (Å²) < 4.78 is 27.4. The van der Waals surface area contributed by atoms with E-state index in [1.807, 2.05) is 0 Å². The normalized spacial score (nSPS) is 10.4. The largest absolute Gasteiger partial charge is 0.318 e. The minimum Gasteiger partial charge on any atom is -0.318 e. The number of amides is 1. The van der Waals surface area contributed by atoms with E-state index in [0.717, 1.165) is 6.07 Å². The van der Waals surface area contributed by atoms with Gasteiger partial charge in [0.1, 0.15) is 5.82 Å². The zero-order valence-corrected chi connectivity index (χ0v) is 13.6. The van der Waals surface area contributed by atoms with Crippen molar-refractivity contribution in [1.29, 1.82) is 0 Å². The molecule has 0 aliphatic carbocycles. The lowest BCUT2D eigenvalue weighted by atomic mass is 10.2. The molecule has 0 saturated heterocycles. The molecule has 0 bridgehead atoms. The number of halogens is 5. The van der Waals surface area contributed by atoms with Crippen LogP contribution in [0.25, 0.3) is 0 Å². The second-order valence-corrected chi connectivity index (χ2v) is 6.00. The first-order valence-corrected chi connectivity index (χ1v) is 7.26. The molecule has 2 aromatic carbocycles. The van der Waals surface area contributed by atoms with Crippen molar-refractivity contribution in [1.82, 2.24) is 0 Å². The Morgan fingerprint density at radius 1 is 1.15 bits per heavy atom. The fourth-order valence-electron chi connectivity index (χ4n) is 1.51. The lowest BCUT2D eigenvalue weighted by molar-refractivity contribution is 0.102. The fraction of sp³-hybridized carbons (Fsp3) is 0. The van der Waals surface area contributed by atoms with Gasteiger partial charge in [0.2, 0.25) is 0 Å². The lowest BCUT2D eigenvalue weighted by Gasteiger charge is -2.10. The second kappa shape index (κ2) is 6.20. The second-order valence-electron chi connectivity index (χ2n) is 3.82. The Morgan fingerprint density at radius 2 is 1.85 bits per heavy atom. The van der Waals surface area contributed by atoms with Gasteiger partial charge < -0.3 is 5.32 Å². The Morgan fingerprint density at radius 3 is 2.50 bits per heavy atom. The van der Waals surface area contributed by atoms with Crippen molar-refractivity contribution in [2.24, 2.45) is 0 Å². The van der Waals surface area contributed by atoms with Crippen LogP contribution in [0.5, 0.6) is 0 Å². The summed E-state index contributed by atoms with van der Waals surface area (Å²) in [5, 5.41) is 2.58. The van der Waals surface area contributed by atoms with Gasteiger partial charge in [-0.2, -0.15) is 0 Å². The topological polar surface area (TPSA) is 29.1 Å². The third kappa shape index (κ3) is 3.37. The van der Waals surface area contributed by atoms with E-state index >= 15 is 0 Å². The highest BCUT2D eigenvalue weighted by Crippen LogP contribution is 2.28. The predicted molar refractivity (Wildman–Crippen MR) is 81.2 cm³/mol. The lowest BCUT2D eigenvalue weighted by Crippen LogP contribution is -2.14. The van der Waals surface area contributed by atoms with Crippen LogP contribution in [0.3, 0.4) is 0 Å². The van der Waals surface area contributed by atoms with Crippen molar-refractivity contribution < 1.29 is 13.6 Å². The Hall–Kier alpha value is -0.980. The molecule has 0 heterocycles. The van der Waals surface area contributed by atoms with E-state index in [1.165, 1.54) is 12.1 Å². The van der Waals surface area contributed by atoms with Crippen LogP contribution < -0.4 is 5.32 Å². The number of anilines is 1. The molecule has 104 valence electrons. The summed E-state index contributed by atoms with van der Waals surface area (Å²) in [4.78, 5) is 12.1. The van der Waals surface area contributed by atoms with Crippen molar-refractivity contribution >= 4 is 55.1 Å². The van der Waals surface area contributed by atoms with Crippen LogP contribution in [0.1, 0.15) is 10.4 Å². The van der Waals surface area contributed by atoms with Crippen LogP contribution in [-0.2, 0) is 0 Å². The number of hydrogen-bond acceptors (Lipinski definition) is 1. The summed E-state index contributed by atoms with van der Waals surface area (Å²) >= 11 is 12.1. The molecule has 20 heavy (non-hydrogen) atoms. The molecule has 1 N–H and O–H groups in total. The van der Waals surface area contributed by atoms with Crippen LogP contribution in [0, 0.1) is 11.6 Å². The minimum absolute atomic E-state index is 0.106. The predicted octanol–water partition coefficient (Wildman–Crippen LogP) is 5.40. The van der Waals surface area contributed by atoms with E-state index in [0.29, 0.717) is 10.5 Å². The first-order chi connectivity index (χ1) is 9.38. The van der Waals surface area contributed by atoms with Crippen molar-refractivity contribution in [3.8, 4) is 0 Å². The van der Waals surface area contributed by atoms with E-state index in [1.54, 1.807) is 6.07 Å². The van der Waals surface area contributed by atoms with Gasteiger partial charge in [-0.25, -0.2) is 8.78 Å². The molecule has 0 radical (unpaired) electrons. The summed E-state index contributed by atoms with van der Waals surface area (Å²) in [6, 6.07) is 6.46. The summed E-state index contributed by atoms with van der Waals surface area (Å²) in [7, 11) is 0. The Labute approximate surface area is 135 Å². The first kappa shape index (κ1) is 15.4. The third-order valence-electron chi connectivity index (χ3n) is 2.42. The van der Waals surface area contributed by atoms with Gasteiger partial charge in [0.25, 0.3) is 5.91 Å². The van der Waals surface area contributed by atoms with Gasteiger partial charge in [-0.05, 0) is 40.2 Å². The van der Waals surface area contributed by atoms with Gasteiger partial charge in [0.05, 0.1) is 16.3 Å². The zero-order valence-electron chi connectivity index (χ0n) is 9.68. The summed E-state index contributed by atoms with van der Waals surface area (Å²) in [5.74, 6) is -2.22. The highest BCUT2D eigenvalue weighted by Gasteiger charge is 2.16. The minimum atomic E-state index is -0.878. The van der Waals surface area contributed by atoms with Gasteiger partial charge in [-0.3, -0.25) is 4.79 Å². The molecule has 0 aliphatic rings. The average Bonchev–Trinajstić information content (AvgIpc) is 2.36. The molecule has 7 heteroatoms. The Bertz CT molecular complexity index is 671. The summed E-state index contributed by atoms with van der Waals surface area (Å²) in [5.41, 5.74) is 0.0316. The molecule has 0 unspecified atom stereocenters. The van der Waals surface area contributed by atoms with E-state index in [9.17, 15) is 13.6 Å². The molecule has 0 aliphatic heterocycles. The van der Waals surface area contributed by atoms with Gasteiger partial charge in [-0.15, -0.1) is 0 Å². The molecule has 2 nitrogen and oxygen atoms in total. The van der Waals surface area contributed by atoms with Crippen molar-refractivity contribution in [3.05, 3.63) is 61.5 Å². The molecule has 0 aromatic heterocycles. The zero-order chi connectivity index (χ0) is 14.9. The van der Waals surface area contributed by atoms with E-state index in [4.69, 9.17) is 11.6 Å². The number of hydrogen-bond donors (Lipinski definition) is 1. The van der Waals surface area contributed by atoms with Crippen molar-refractivity contribution in [2.75, 3.05) is 5.32 Å². The number of nitrogens with one attached hydrogen (secondary N) is 1. The van der Waals surface area contributed by atoms with Crippen LogP contribution in [0.4, 0.5) is 14.5 Å². The maximum Gasteiger partial charge on any atom is 0.257 e. The summed E-state index contributed by atoms with van der Waals surface area (Å²) in [6.07, 6.45) is 0. The molecule has 0 spiro atoms. The van der Waals surface area contributed by atoms with Gasteiger partial charge in [0, 0.05) is 15.0 Å². The number of carbonyl (C=O) groups is 1. The molecular weight excluding hydrogens is 419 g/mol. The van der Waals surface area contributed by atoms with E-state index < -0.39 is 17.5 Å². The highest BCUT2D eigenvalue weighted by atomic mass is 79.9. The number of rotatable bonds is 2. The van der Waals surface area contributed by atoms with Crippen LogP contribution in [0.15, 0.2) is 39.3 Å². The molecule has 1 amide bonds. The number of carbonyl (C=O) groups excluding carboxylic acids is 1. The quantitative estimate of drug-likeness (QED) is 0.686. The van der Waals surface area contributed by atoms with Crippen molar-refractivity contribution in [2.45, 2.75) is 0 Å².